The molecule has 0 aliphatic rings. The second-order valence-electron chi connectivity index (χ2n) is 4.42. The van der Waals surface area contributed by atoms with Gasteiger partial charge in [-0.25, -0.2) is 4.98 Å². The highest BCUT2D eigenvalue weighted by atomic mass is 16.5. The number of aromatic nitrogens is 1. The first-order valence-electron chi connectivity index (χ1n) is 6.37. The molecule has 0 saturated heterocycles. The van der Waals surface area contributed by atoms with Crippen LogP contribution in [0, 0.1) is 18.3 Å². The van der Waals surface area contributed by atoms with Crippen LogP contribution in [0.25, 0.3) is 0 Å². The van der Waals surface area contributed by atoms with Gasteiger partial charge in [0.25, 0.3) is 0 Å². The fourth-order valence-electron chi connectivity index (χ4n) is 1.87. The lowest BCUT2D eigenvalue weighted by Gasteiger charge is -2.08. The summed E-state index contributed by atoms with van der Waals surface area (Å²) in [7, 11) is 0. The second-order valence-corrected chi connectivity index (χ2v) is 4.42. The molecule has 96 valence electrons. The average Bonchev–Trinajstić information content (AvgIpc) is 2.42. The molecule has 0 saturated carbocycles. The normalized spacial score (nSPS) is 9.95. The van der Waals surface area contributed by atoms with Crippen LogP contribution in [0.1, 0.15) is 30.0 Å². The summed E-state index contributed by atoms with van der Waals surface area (Å²) < 4.78 is 5.68. The Morgan fingerprint density at radius 1 is 1.21 bits per heavy atom. The number of nitriles is 1. The van der Waals surface area contributed by atoms with E-state index in [0.717, 1.165) is 18.4 Å². The number of nitrogens with zero attached hydrogens (tertiary/aromatic N) is 2. The number of hydrogen-bond acceptors (Lipinski definition) is 3. The number of benzene rings is 1. The fourth-order valence-corrected chi connectivity index (χ4v) is 1.87. The Morgan fingerprint density at radius 2 is 1.95 bits per heavy atom. The molecule has 3 nitrogen and oxygen atoms in total. The summed E-state index contributed by atoms with van der Waals surface area (Å²) in [5, 5.41) is 9.12. The smallest absolute Gasteiger partial charge is 0.237 e. The van der Waals surface area contributed by atoms with Crippen molar-refractivity contribution in [3.8, 4) is 17.7 Å². The van der Waals surface area contributed by atoms with E-state index in [2.05, 4.69) is 18.0 Å². The molecule has 1 heterocycles. The molecular formula is C16H16N2O. The van der Waals surface area contributed by atoms with Gasteiger partial charge in [-0.05, 0) is 42.7 Å². The van der Waals surface area contributed by atoms with E-state index in [1.54, 1.807) is 12.3 Å². The summed E-state index contributed by atoms with van der Waals surface area (Å²) in [4.78, 5) is 4.12. The maximum atomic E-state index is 9.12. The number of hydrogen-bond donors (Lipinski definition) is 0. The molecule has 3 heteroatoms. The van der Waals surface area contributed by atoms with Gasteiger partial charge in [0.1, 0.15) is 17.4 Å². The Morgan fingerprint density at radius 3 is 2.58 bits per heavy atom. The van der Waals surface area contributed by atoms with Crippen LogP contribution in [0.4, 0.5) is 0 Å². The van der Waals surface area contributed by atoms with Gasteiger partial charge in [0.05, 0.1) is 0 Å². The Kier molecular flexibility index (Phi) is 4.15. The van der Waals surface area contributed by atoms with Crippen molar-refractivity contribution in [3.05, 3.63) is 53.2 Å². The Labute approximate surface area is 113 Å². The lowest BCUT2D eigenvalue weighted by molar-refractivity contribution is 0.460. The molecule has 0 aliphatic carbocycles. The first-order valence-corrected chi connectivity index (χ1v) is 6.37. The summed E-state index contributed by atoms with van der Waals surface area (Å²) in [6.45, 7) is 4.03. The topological polar surface area (TPSA) is 45.9 Å². The molecule has 19 heavy (non-hydrogen) atoms. The largest absolute Gasteiger partial charge is 0.438 e. The predicted octanol–water partition coefficient (Wildman–Crippen LogP) is 4.01. The molecule has 0 N–H and O–H groups in total. The van der Waals surface area contributed by atoms with E-state index in [4.69, 9.17) is 10.00 Å². The summed E-state index contributed by atoms with van der Waals surface area (Å²) in [6, 6.07) is 11.8. The van der Waals surface area contributed by atoms with E-state index in [0.29, 0.717) is 17.2 Å². The summed E-state index contributed by atoms with van der Waals surface area (Å²) in [5.74, 6) is 1.07. The highest BCUT2D eigenvalue weighted by Gasteiger charge is 2.08. The van der Waals surface area contributed by atoms with Crippen molar-refractivity contribution < 1.29 is 4.74 Å². The van der Waals surface area contributed by atoms with Crippen LogP contribution in [-0.4, -0.2) is 4.98 Å². The number of ether oxygens (including phenoxy) is 1. The minimum absolute atomic E-state index is 0.366. The van der Waals surface area contributed by atoms with Gasteiger partial charge < -0.3 is 4.74 Å². The molecule has 0 fully saturated rings. The van der Waals surface area contributed by atoms with Crippen molar-refractivity contribution in [2.45, 2.75) is 26.7 Å². The Bertz CT molecular complexity index is 597. The lowest BCUT2D eigenvalue weighted by Crippen LogP contribution is -1.94. The minimum Gasteiger partial charge on any atom is -0.438 e. The zero-order valence-corrected chi connectivity index (χ0v) is 11.2. The third kappa shape index (κ3) is 3.11. The van der Waals surface area contributed by atoms with Crippen molar-refractivity contribution in [1.82, 2.24) is 4.98 Å². The zero-order chi connectivity index (χ0) is 13.7. The quantitative estimate of drug-likeness (QED) is 0.826. The van der Waals surface area contributed by atoms with Gasteiger partial charge in [-0.15, -0.1) is 0 Å². The molecule has 0 spiro atoms. The van der Waals surface area contributed by atoms with E-state index < -0.39 is 0 Å². The first kappa shape index (κ1) is 13.1. The Hall–Kier alpha value is -2.34. The summed E-state index contributed by atoms with van der Waals surface area (Å²) in [5.41, 5.74) is 2.64. The molecule has 0 radical (unpaired) electrons. The summed E-state index contributed by atoms with van der Waals surface area (Å²) in [6.07, 6.45) is 3.83. The van der Waals surface area contributed by atoms with Gasteiger partial charge >= 0.3 is 0 Å². The van der Waals surface area contributed by atoms with Crippen molar-refractivity contribution in [2.24, 2.45) is 0 Å². The zero-order valence-electron chi connectivity index (χ0n) is 11.2. The molecule has 1 aromatic heterocycles. The van der Waals surface area contributed by atoms with Crippen molar-refractivity contribution in [3.63, 3.8) is 0 Å². The van der Waals surface area contributed by atoms with Crippen LogP contribution < -0.4 is 4.74 Å². The fraction of sp³-hybridized carbons (Fsp3) is 0.250. The maximum Gasteiger partial charge on any atom is 0.237 e. The monoisotopic (exact) mass is 252 g/mol. The van der Waals surface area contributed by atoms with E-state index in [-0.39, 0.29) is 0 Å². The molecule has 2 rings (SSSR count). The van der Waals surface area contributed by atoms with Gasteiger partial charge in [-0.1, -0.05) is 25.5 Å². The molecule has 0 atom stereocenters. The maximum absolute atomic E-state index is 9.12. The van der Waals surface area contributed by atoms with E-state index >= 15 is 0 Å². The van der Waals surface area contributed by atoms with Crippen molar-refractivity contribution in [2.75, 3.05) is 0 Å². The highest BCUT2D eigenvalue weighted by molar-refractivity contribution is 5.45. The molecular weight excluding hydrogens is 236 g/mol. The predicted molar refractivity (Wildman–Crippen MR) is 74.2 cm³/mol. The van der Waals surface area contributed by atoms with Gasteiger partial charge in [-0.2, -0.15) is 5.26 Å². The van der Waals surface area contributed by atoms with Crippen LogP contribution in [0.3, 0.4) is 0 Å². The van der Waals surface area contributed by atoms with Crippen molar-refractivity contribution in [1.29, 1.82) is 5.26 Å². The second kappa shape index (κ2) is 6.01. The number of rotatable bonds is 4. The van der Waals surface area contributed by atoms with E-state index in [1.165, 1.54) is 5.56 Å². The SMILES string of the molecule is CCCc1ccc(Oc2nccc(C)c2C#N)cc1. The minimum atomic E-state index is 0.366. The first-order chi connectivity index (χ1) is 9.24. The van der Waals surface area contributed by atoms with Crippen LogP contribution in [0.5, 0.6) is 11.6 Å². The molecule has 1 aromatic carbocycles. The number of pyridine rings is 1. The number of aryl methyl sites for hydroxylation is 2. The molecule has 2 aromatic rings. The molecule has 0 amide bonds. The van der Waals surface area contributed by atoms with Crippen LogP contribution in [0.2, 0.25) is 0 Å². The van der Waals surface area contributed by atoms with Crippen LogP contribution in [-0.2, 0) is 6.42 Å². The van der Waals surface area contributed by atoms with E-state index in [1.807, 2.05) is 31.2 Å². The van der Waals surface area contributed by atoms with Gasteiger partial charge in [-0.3, -0.25) is 0 Å². The van der Waals surface area contributed by atoms with Gasteiger partial charge in [0.2, 0.25) is 5.88 Å². The highest BCUT2D eigenvalue weighted by Crippen LogP contribution is 2.24. The average molecular weight is 252 g/mol. The third-order valence-corrected chi connectivity index (χ3v) is 2.91. The third-order valence-electron chi connectivity index (χ3n) is 2.91. The molecule has 0 aliphatic heterocycles. The van der Waals surface area contributed by atoms with Crippen LogP contribution in [0.15, 0.2) is 36.5 Å². The van der Waals surface area contributed by atoms with Crippen LogP contribution >= 0.6 is 0 Å². The molecule has 0 bridgehead atoms. The van der Waals surface area contributed by atoms with Gasteiger partial charge in [0, 0.05) is 6.20 Å². The molecule has 0 unspecified atom stereocenters. The summed E-state index contributed by atoms with van der Waals surface area (Å²) >= 11 is 0. The van der Waals surface area contributed by atoms with E-state index in [9.17, 15) is 0 Å². The lowest BCUT2D eigenvalue weighted by atomic mass is 10.1. The van der Waals surface area contributed by atoms with Gasteiger partial charge in [0.15, 0.2) is 0 Å². The Balaban J connectivity index is 2.22. The van der Waals surface area contributed by atoms with Crippen molar-refractivity contribution >= 4 is 0 Å². The standard InChI is InChI=1S/C16H16N2O/c1-3-4-13-5-7-14(8-6-13)19-16-15(11-17)12(2)9-10-18-16/h5-10H,3-4H2,1-2H3.